The van der Waals surface area contributed by atoms with Gasteiger partial charge in [-0.3, -0.25) is 9.00 Å². The van der Waals surface area contributed by atoms with E-state index in [9.17, 15) is 9.00 Å². The van der Waals surface area contributed by atoms with E-state index >= 15 is 0 Å². The van der Waals surface area contributed by atoms with Crippen LogP contribution in [0.25, 0.3) is 0 Å². The van der Waals surface area contributed by atoms with E-state index in [4.69, 9.17) is 5.11 Å². The van der Waals surface area contributed by atoms with Gasteiger partial charge >= 0.3 is 5.97 Å². The second kappa shape index (κ2) is 5.25. The van der Waals surface area contributed by atoms with Crippen molar-refractivity contribution < 1.29 is 14.1 Å². The van der Waals surface area contributed by atoms with E-state index in [1.54, 1.807) is 0 Å². The van der Waals surface area contributed by atoms with Crippen molar-refractivity contribution >= 4 is 16.8 Å². The monoisotopic (exact) mass is 240 g/mol. The van der Waals surface area contributed by atoms with Gasteiger partial charge in [-0.25, -0.2) is 0 Å². The van der Waals surface area contributed by atoms with Crippen LogP contribution in [-0.4, -0.2) is 20.5 Å². The zero-order valence-electron chi connectivity index (χ0n) is 9.69. The van der Waals surface area contributed by atoms with Gasteiger partial charge in [0.15, 0.2) is 0 Å². The largest absolute Gasteiger partial charge is 0.480 e. The maximum Gasteiger partial charge on any atom is 0.318 e. The van der Waals surface area contributed by atoms with Crippen LogP contribution in [0.4, 0.5) is 0 Å². The molecule has 0 saturated heterocycles. The zero-order valence-corrected chi connectivity index (χ0v) is 10.5. The van der Waals surface area contributed by atoms with Crippen LogP contribution in [-0.2, 0) is 21.3 Å². The number of aliphatic carboxylic acids is 1. The third-order valence-corrected chi connectivity index (χ3v) is 3.94. The van der Waals surface area contributed by atoms with E-state index in [2.05, 4.69) is 0 Å². The lowest BCUT2D eigenvalue weighted by molar-refractivity contribution is -0.136. The van der Waals surface area contributed by atoms with Crippen molar-refractivity contribution in [1.82, 2.24) is 0 Å². The summed E-state index contributed by atoms with van der Waals surface area (Å²) in [6, 6.07) is 5.92. The SMILES string of the molecule is Cc1cc(C)cc(CS(=O)C(C)C(=O)O)c1. The highest BCUT2D eigenvalue weighted by molar-refractivity contribution is 7.85. The molecule has 0 aliphatic carbocycles. The quantitative estimate of drug-likeness (QED) is 0.876. The molecule has 0 saturated carbocycles. The van der Waals surface area contributed by atoms with E-state index < -0.39 is 22.0 Å². The lowest BCUT2D eigenvalue weighted by Crippen LogP contribution is -2.22. The minimum Gasteiger partial charge on any atom is -0.480 e. The van der Waals surface area contributed by atoms with Gasteiger partial charge in [0.05, 0.1) is 0 Å². The molecular formula is C12H16O3S. The molecule has 1 rings (SSSR count). The first-order chi connectivity index (χ1) is 7.40. The van der Waals surface area contributed by atoms with Crippen LogP contribution in [0.2, 0.25) is 0 Å². The minimum atomic E-state index is -1.36. The van der Waals surface area contributed by atoms with Crippen molar-refractivity contribution in [2.24, 2.45) is 0 Å². The van der Waals surface area contributed by atoms with Crippen molar-refractivity contribution in [3.05, 3.63) is 34.9 Å². The average Bonchev–Trinajstić information content (AvgIpc) is 2.14. The summed E-state index contributed by atoms with van der Waals surface area (Å²) in [5, 5.41) is 7.93. The number of rotatable bonds is 4. The van der Waals surface area contributed by atoms with Gasteiger partial charge in [0.2, 0.25) is 0 Å². The second-order valence-electron chi connectivity index (χ2n) is 4.00. The summed E-state index contributed by atoms with van der Waals surface area (Å²) in [5.74, 6) is -0.710. The molecular weight excluding hydrogens is 224 g/mol. The number of hydrogen-bond donors (Lipinski definition) is 1. The summed E-state index contributed by atoms with van der Waals surface area (Å²) in [7, 11) is -1.36. The normalized spacial score (nSPS) is 14.4. The summed E-state index contributed by atoms with van der Waals surface area (Å²) >= 11 is 0. The van der Waals surface area contributed by atoms with Gasteiger partial charge in [0, 0.05) is 16.6 Å². The summed E-state index contributed by atoms with van der Waals surface area (Å²) in [6.07, 6.45) is 0. The molecule has 0 aromatic heterocycles. The Morgan fingerprint density at radius 2 is 1.81 bits per heavy atom. The van der Waals surface area contributed by atoms with Crippen molar-refractivity contribution in [2.75, 3.05) is 0 Å². The smallest absolute Gasteiger partial charge is 0.318 e. The van der Waals surface area contributed by atoms with E-state index in [0.717, 1.165) is 16.7 Å². The molecule has 0 fully saturated rings. The Bertz CT molecular complexity index is 406. The number of carboxylic acids is 1. The van der Waals surface area contributed by atoms with Crippen molar-refractivity contribution in [2.45, 2.75) is 31.8 Å². The summed E-state index contributed by atoms with van der Waals surface area (Å²) in [5.41, 5.74) is 3.15. The summed E-state index contributed by atoms with van der Waals surface area (Å²) in [4.78, 5) is 10.7. The van der Waals surface area contributed by atoms with Gasteiger partial charge in [-0.1, -0.05) is 29.3 Å². The molecule has 1 N–H and O–H groups in total. The molecule has 2 atom stereocenters. The molecule has 0 heterocycles. The van der Waals surface area contributed by atoms with Crippen LogP contribution < -0.4 is 0 Å². The average molecular weight is 240 g/mol. The number of carbonyl (C=O) groups is 1. The van der Waals surface area contributed by atoms with Crippen LogP contribution >= 0.6 is 0 Å². The molecule has 1 aromatic carbocycles. The summed E-state index contributed by atoms with van der Waals surface area (Å²) in [6.45, 7) is 5.42. The molecule has 0 aliphatic heterocycles. The molecule has 0 spiro atoms. The Morgan fingerprint density at radius 3 is 2.25 bits per heavy atom. The third kappa shape index (κ3) is 3.45. The van der Waals surface area contributed by atoms with Crippen LogP contribution in [0.5, 0.6) is 0 Å². The van der Waals surface area contributed by atoms with Gasteiger partial charge < -0.3 is 5.11 Å². The van der Waals surface area contributed by atoms with E-state index in [-0.39, 0.29) is 0 Å². The van der Waals surface area contributed by atoms with Crippen LogP contribution in [0.3, 0.4) is 0 Å². The molecule has 2 unspecified atom stereocenters. The fourth-order valence-electron chi connectivity index (χ4n) is 1.55. The molecule has 3 nitrogen and oxygen atoms in total. The molecule has 4 heteroatoms. The molecule has 0 amide bonds. The van der Waals surface area contributed by atoms with E-state index in [1.807, 2.05) is 32.0 Å². The van der Waals surface area contributed by atoms with E-state index in [1.165, 1.54) is 6.92 Å². The lowest BCUT2D eigenvalue weighted by atomic mass is 10.1. The summed E-state index contributed by atoms with van der Waals surface area (Å²) < 4.78 is 11.7. The maximum absolute atomic E-state index is 11.7. The molecule has 1 aromatic rings. The van der Waals surface area contributed by atoms with Gasteiger partial charge in [0.25, 0.3) is 0 Å². The third-order valence-electron chi connectivity index (χ3n) is 2.33. The molecule has 0 radical (unpaired) electrons. The Hall–Kier alpha value is -1.16. The molecule has 16 heavy (non-hydrogen) atoms. The van der Waals surface area contributed by atoms with Crippen LogP contribution in [0.1, 0.15) is 23.6 Å². The predicted molar refractivity (Wildman–Crippen MR) is 64.9 cm³/mol. The van der Waals surface area contributed by atoms with Crippen molar-refractivity contribution in [3.63, 3.8) is 0 Å². The highest BCUT2D eigenvalue weighted by atomic mass is 32.2. The molecule has 88 valence electrons. The number of aryl methyl sites for hydroxylation is 2. The Balaban J connectivity index is 2.81. The highest BCUT2D eigenvalue weighted by Crippen LogP contribution is 2.12. The fraction of sp³-hybridized carbons (Fsp3) is 0.417. The van der Waals surface area contributed by atoms with Crippen LogP contribution in [0, 0.1) is 13.8 Å². The Morgan fingerprint density at radius 1 is 1.31 bits per heavy atom. The first-order valence-corrected chi connectivity index (χ1v) is 6.45. The first kappa shape index (κ1) is 12.9. The Labute approximate surface area is 98.0 Å². The maximum atomic E-state index is 11.7. The second-order valence-corrected chi connectivity index (χ2v) is 5.76. The van der Waals surface area contributed by atoms with Gasteiger partial charge in [0.1, 0.15) is 5.25 Å². The number of benzene rings is 1. The van der Waals surface area contributed by atoms with Gasteiger partial charge in [-0.2, -0.15) is 0 Å². The van der Waals surface area contributed by atoms with Crippen molar-refractivity contribution in [1.29, 1.82) is 0 Å². The number of hydrogen-bond acceptors (Lipinski definition) is 2. The zero-order chi connectivity index (χ0) is 12.3. The topological polar surface area (TPSA) is 54.4 Å². The predicted octanol–water partition coefficient (Wildman–Crippen LogP) is 2.03. The van der Waals surface area contributed by atoms with Crippen LogP contribution in [0.15, 0.2) is 18.2 Å². The molecule has 0 bridgehead atoms. The highest BCUT2D eigenvalue weighted by Gasteiger charge is 2.18. The molecule has 0 aliphatic rings. The van der Waals surface area contributed by atoms with Gasteiger partial charge in [-0.15, -0.1) is 0 Å². The first-order valence-electron chi connectivity index (χ1n) is 5.07. The fourth-order valence-corrected chi connectivity index (χ4v) is 2.52. The minimum absolute atomic E-state index is 0.302. The number of carboxylic acid groups (broad SMARTS) is 1. The lowest BCUT2D eigenvalue weighted by Gasteiger charge is -2.08. The van der Waals surface area contributed by atoms with E-state index in [0.29, 0.717) is 5.75 Å². The standard InChI is InChI=1S/C12H16O3S/c1-8-4-9(2)6-11(5-8)7-16(15)10(3)12(13)14/h4-6,10H,7H2,1-3H3,(H,13,14). The Kier molecular flexibility index (Phi) is 4.24. The van der Waals surface area contributed by atoms with Gasteiger partial charge in [-0.05, 0) is 26.3 Å². The van der Waals surface area contributed by atoms with Crippen molar-refractivity contribution in [3.8, 4) is 0 Å².